The summed E-state index contributed by atoms with van der Waals surface area (Å²) in [6.07, 6.45) is 9.14. The van der Waals surface area contributed by atoms with E-state index in [2.05, 4.69) is 15.5 Å². The third-order valence-corrected chi connectivity index (χ3v) is 3.02. The first-order valence-electron chi connectivity index (χ1n) is 6.25. The zero-order valence-electron chi connectivity index (χ0n) is 9.95. The van der Waals surface area contributed by atoms with E-state index >= 15 is 0 Å². The van der Waals surface area contributed by atoms with Crippen molar-refractivity contribution in [2.45, 2.75) is 38.2 Å². The SMILES string of the molecule is O=C(NCCCC1CCCCO1)c1cn[nH]c1. The Labute approximate surface area is 101 Å². The average molecular weight is 237 g/mol. The number of carbonyl (C=O) groups excluding carboxylic acids is 1. The van der Waals surface area contributed by atoms with E-state index in [1.807, 2.05) is 0 Å². The molecule has 0 aliphatic carbocycles. The molecule has 1 aromatic rings. The third kappa shape index (κ3) is 3.85. The van der Waals surface area contributed by atoms with Crippen molar-refractivity contribution in [3.05, 3.63) is 18.0 Å². The number of amides is 1. The van der Waals surface area contributed by atoms with E-state index in [0.717, 1.165) is 25.9 Å². The van der Waals surface area contributed by atoms with E-state index < -0.39 is 0 Å². The van der Waals surface area contributed by atoms with Gasteiger partial charge in [0.2, 0.25) is 0 Å². The Kier molecular flexibility index (Phi) is 4.55. The molecule has 1 amide bonds. The molecule has 2 heterocycles. The summed E-state index contributed by atoms with van der Waals surface area (Å²) in [5.41, 5.74) is 0.582. The predicted octanol–water partition coefficient (Wildman–Crippen LogP) is 1.49. The smallest absolute Gasteiger partial charge is 0.254 e. The van der Waals surface area contributed by atoms with Crippen LogP contribution in [0.15, 0.2) is 12.4 Å². The molecule has 2 N–H and O–H groups in total. The van der Waals surface area contributed by atoms with Crippen LogP contribution in [-0.2, 0) is 4.74 Å². The quantitative estimate of drug-likeness (QED) is 0.762. The maximum absolute atomic E-state index is 11.6. The van der Waals surface area contributed by atoms with Gasteiger partial charge in [0.15, 0.2) is 0 Å². The van der Waals surface area contributed by atoms with Crippen molar-refractivity contribution in [2.75, 3.05) is 13.2 Å². The monoisotopic (exact) mass is 237 g/mol. The molecule has 1 fully saturated rings. The molecular weight excluding hydrogens is 218 g/mol. The fraction of sp³-hybridized carbons (Fsp3) is 0.667. The molecule has 1 aliphatic heterocycles. The lowest BCUT2D eigenvalue weighted by atomic mass is 10.0. The molecular formula is C12H19N3O2. The number of nitrogens with zero attached hydrogens (tertiary/aromatic N) is 1. The first-order valence-corrected chi connectivity index (χ1v) is 6.25. The molecule has 0 aromatic carbocycles. The van der Waals surface area contributed by atoms with Crippen molar-refractivity contribution in [1.29, 1.82) is 0 Å². The first-order chi connectivity index (χ1) is 8.36. The van der Waals surface area contributed by atoms with E-state index in [-0.39, 0.29) is 5.91 Å². The highest BCUT2D eigenvalue weighted by molar-refractivity contribution is 5.93. The first kappa shape index (κ1) is 12.1. The number of nitrogens with one attached hydrogen (secondary N) is 2. The summed E-state index contributed by atoms with van der Waals surface area (Å²) in [5, 5.41) is 9.23. The second-order valence-corrected chi connectivity index (χ2v) is 4.37. The molecule has 1 atom stereocenters. The maximum atomic E-state index is 11.6. The minimum absolute atomic E-state index is 0.0664. The van der Waals surface area contributed by atoms with Gasteiger partial charge in [-0.2, -0.15) is 5.10 Å². The zero-order chi connectivity index (χ0) is 11.9. The molecule has 5 nitrogen and oxygen atoms in total. The van der Waals surface area contributed by atoms with Crippen LogP contribution < -0.4 is 5.32 Å². The molecule has 0 saturated carbocycles. The van der Waals surface area contributed by atoms with Gasteiger partial charge in [-0.15, -0.1) is 0 Å². The number of H-pyrrole nitrogens is 1. The molecule has 94 valence electrons. The van der Waals surface area contributed by atoms with Crippen LogP contribution in [0.4, 0.5) is 0 Å². The second-order valence-electron chi connectivity index (χ2n) is 4.37. The number of carbonyl (C=O) groups is 1. The van der Waals surface area contributed by atoms with Gasteiger partial charge < -0.3 is 10.1 Å². The minimum Gasteiger partial charge on any atom is -0.378 e. The highest BCUT2D eigenvalue weighted by atomic mass is 16.5. The second kappa shape index (κ2) is 6.39. The largest absolute Gasteiger partial charge is 0.378 e. The van der Waals surface area contributed by atoms with Crippen molar-refractivity contribution >= 4 is 5.91 Å². The van der Waals surface area contributed by atoms with E-state index in [4.69, 9.17) is 4.74 Å². The Morgan fingerprint density at radius 1 is 1.59 bits per heavy atom. The topological polar surface area (TPSA) is 67.0 Å². The number of aromatic amines is 1. The van der Waals surface area contributed by atoms with Gasteiger partial charge in [-0.25, -0.2) is 0 Å². The van der Waals surface area contributed by atoms with Gasteiger partial charge in [0.1, 0.15) is 0 Å². The fourth-order valence-corrected chi connectivity index (χ4v) is 2.04. The van der Waals surface area contributed by atoms with Crippen molar-refractivity contribution in [3.8, 4) is 0 Å². The van der Waals surface area contributed by atoms with Crippen LogP contribution in [-0.4, -0.2) is 35.4 Å². The standard InChI is InChI=1S/C12H19N3O2/c16-12(10-8-14-15-9-10)13-6-3-5-11-4-1-2-7-17-11/h8-9,11H,1-7H2,(H,13,16)(H,14,15). The van der Waals surface area contributed by atoms with Gasteiger partial charge in [0, 0.05) is 19.3 Å². The predicted molar refractivity (Wildman–Crippen MR) is 63.7 cm³/mol. The summed E-state index contributed by atoms with van der Waals surface area (Å²) in [6.45, 7) is 1.59. The number of aromatic nitrogens is 2. The highest BCUT2D eigenvalue weighted by Gasteiger charge is 2.13. The van der Waals surface area contributed by atoms with E-state index in [9.17, 15) is 4.79 Å². The molecule has 17 heavy (non-hydrogen) atoms. The van der Waals surface area contributed by atoms with Crippen LogP contribution in [0, 0.1) is 0 Å². The van der Waals surface area contributed by atoms with Gasteiger partial charge in [-0.1, -0.05) is 0 Å². The van der Waals surface area contributed by atoms with Crippen LogP contribution in [0.3, 0.4) is 0 Å². The molecule has 1 aromatic heterocycles. The summed E-state index contributed by atoms with van der Waals surface area (Å²) in [4.78, 5) is 11.6. The normalized spacial score (nSPS) is 20.1. The summed E-state index contributed by atoms with van der Waals surface area (Å²) in [6, 6.07) is 0. The van der Waals surface area contributed by atoms with Crippen LogP contribution in [0.1, 0.15) is 42.5 Å². The van der Waals surface area contributed by atoms with Crippen molar-refractivity contribution < 1.29 is 9.53 Å². The molecule has 0 radical (unpaired) electrons. The fourth-order valence-electron chi connectivity index (χ4n) is 2.04. The van der Waals surface area contributed by atoms with Gasteiger partial charge in [-0.05, 0) is 32.1 Å². The Balaban J connectivity index is 1.58. The highest BCUT2D eigenvalue weighted by Crippen LogP contribution is 2.16. The van der Waals surface area contributed by atoms with Gasteiger partial charge in [-0.3, -0.25) is 9.89 Å². The number of hydrogen-bond donors (Lipinski definition) is 2. The molecule has 0 bridgehead atoms. The van der Waals surface area contributed by atoms with Crippen molar-refractivity contribution in [2.24, 2.45) is 0 Å². The van der Waals surface area contributed by atoms with Gasteiger partial charge >= 0.3 is 0 Å². The van der Waals surface area contributed by atoms with Crippen LogP contribution >= 0.6 is 0 Å². The van der Waals surface area contributed by atoms with E-state index in [1.165, 1.54) is 19.0 Å². The van der Waals surface area contributed by atoms with Gasteiger partial charge in [0.25, 0.3) is 5.91 Å². The lowest BCUT2D eigenvalue weighted by Crippen LogP contribution is -2.26. The Morgan fingerprint density at radius 2 is 2.53 bits per heavy atom. The molecule has 1 saturated heterocycles. The molecule has 1 aliphatic rings. The Bertz CT molecular complexity index is 332. The zero-order valence-corrected chi connectivity index (χ0v) is 9.95. The maximum Gasteiger partial charge on any atom is 0.254 e. The summed E-state index contributed by atoms with van der Waals surface area (Å²) >= 11 is 0. The lowest BCUT2D eigenvalue weighted by Gasteiger charge is -2.22. The lowest BCUT2D eigenvalue weighted by molar-refractivity contribution is 0.0102. The minimum atomic E-state index is -0.0664. The molecule has 2 rings (SSSR count). The van der Waals surface area contributed by atoms with Crippen molar-refractivity contribution in [1.82, 2.24) is 15.5 Å². The summed E-state index contributed by atoms with van der Waals surface area (Å²) < 4.78 is 5.63. The molecule has 0 spiro atoms. The van der Waals surface area contributed by atoms with Crippen LogP contribution in [0.25, 0.3) is 0 Å². The van der Waals surface area contributed by atoms with Gasteiger partial charge in [0.05, 0.1) is 17.9 Å². The number of rotatable bonds is 5. The Hall–Kier alpha value is -1.36. The molecule has 1 unspecified atom stereocenters. The number of hydrogen-bond acceptors (Lipinski definition) is 3. The summed E-state index contributed by atoms with van der Waals surface area (Å²) in [5.74, 6) is -0.0664. The molecule has 5 heteroatoms. The van der Waals surface area contributed by atoms with E-state index in [0.29, 0.717) is 18.2 Å². The third-order valence-electron chi connectivity index (χ3n) is 3.02. The average Bonchev–Trinajstić information content (AvgIpc) is 2.89. The van der Waals surface area contributed by atoms with Crippen molar-refractivity contribution in [3.63, 3.8) is 0 Å². The summed E-state index contributed by atoms with van der Waals surface area (Å²) in [7, 11) is 0. The van der Waals surface area contributed by atoms with Crippen LogP contribution in [0.2, 0.25) is 0 Å². The number of ether oxygens (including phenoxy) is 1. The van der Waals surface area contributed by atoms with E-state index in [1.54, 1.807) is 6.20 Å². The van der Waals surface area contributed by atoms with Crippen LogP contribution in [0.5, 0.6) is 0 Å². The Morgan fingerprint density at radius 3 is 3.24 bits per heavy atom.